The summed E-state index contributed by atoms with van der Waals surface area (Å²) in [6, 6.07) is 19.0. The van der Waals surface area contributed by atoms with Gasteiger partial charge in [0.1, 0.15) is 17.4 Å². The van der Waals surface area contributed by atoms with E-state index in [1.165, 1.54) is 18.2 Å². The summed E-state index contributed by atoms with van der Waals surface area (Å²) < 4.78 is 40.3. The van der Waals surface area contributed by atoms with E-state index in [0.29, 0.717) is 34.3 Å². The van der Waals surface area contributed by atoms with Gasteiger partial charge in [0.05, 0.1) is 33.3 Å². The quantitative estimate of drug-likeness (QED) is 0.436. The van der Waals surface area contributed by atoms with Crippen LogP contribution in [0.25, 0.3) is 22.3 Å². The Bertz CT molecular complexity index is 1440. The number of anilines is 1. The van der Waals surface area contributed by atoms with Gasteiger partial charge in [0.2, 0.25) is 0 Å². The predicted molar refractivity (Wildman–Crippen MR) is 123 cm³/mol. The van der Waals surface area contributed by atoms with Gasteiger partial charge in [0.15, 0.2) is 5.82 Å². The SMILES string of the molecule is COc1cccc(-c2nc(NC3CCS(=N)(=O)c4ccc(F)cc43)c3ccccc3n2)c1. The smallest absolute Gasteiger partial charge is 0.162 e. The Hall–Kier alpha value is -3.52. The lowest BCUT2D eigenvalue weighted by Crippen LogP contribution is -2.24. The lowest BCUT2D eigenvalue weighted by Gasteiger charge is -2.28. The van der Waals surface area contributed by atoms with Crippen molar-refractivity contribution in [1.82, 2.24) is 9.97 Å². The van der Waals surface area contributed by atoms with Crippen LogP contribution in [0.3, 0.4) is 0 Å². The average Bonchev–Trinajstić information content (AvgIpc) is 2.80. The lowest BCUT2D eigenvalue weighted by atomic mass is 10.0. The number of aromatic nitrogens is 2. The minimum atomic E-state index is -2.94. The maximum atomic E-state index is 14.0. The molecule has 1 aliphatic heterocycles. The summed E-state index contributed by atoms with van der Waals surface area (Å²) in [6.07, 6.45) is 0.436. The van der Waals surface area contributed by atoms with Crippen molar-refractivity contribution < 1.29 is 13.3 Å². The van der Waals surface area contributed by atoms with Crippen LogP contribution in [0.15, 0.2) is 71.6 Å². The molecule has 1 aliphatic rings. The van der Waals surface area contributed by atoms with E-state index in [1.54, 1.807) is 7.11 Å². The number of methoxy groups -OCH3 is 1. The summed E-state index contributed by atoms with van der Waals surface area (Å²) in [4.78, 5) is 9.88. The van der Waals surface area contributed by atoms with Crippen molar-refractivity contribution in [1.29, 1.82) is 4.78 Å². The van der Waals surface area contributed by atoms with E-state index in [2.05, 4.69) is 5.32 Å². The minimum absolute atomic E-state index is 0.203. The molecule has 3 aromatic carbocycles. The number of hydrogen-bond acceptors (Lipinski definition) is 6. The zero-order valence-corrected chi connectivity index (χ0v) is 18.2. The van der Waals surface area contributed by atoms with Crippen molar-refractivity contribution >= 4 is 26.4 Å². The van der Waals surface area contributed by atoms with E-state index in [1.807, 2.05) is 48.5 Å². The molecule has 4 aromatic rings. The fourth-order valence-electron chi connectivity index (χ4n) is 4.03. The zero-order chi connectivity index (χ0) is 22.3. The van der Waals surface area contributed by atoms with Gasteiger partial charge in [-0.25, -0.2) is 23.3 Å². The molecule has 0 aliphatic carbocycles. The van der Waals surface area contributed by atoms with E-state index in [0.717, 1.165) is 16.5 Å². The first kappa shape index (κ1) is 20.4. The van der Waals surface area contributed by atoms with Crippen molar-refractivity contribution in [2.45, 2.75) is 17.4 Å². The third kappa shape index (κ3) is 3.67. The van der Waals surface area contributed by atoms with Crippen LogP contribution in [0.4, 0.5) is 10.2 Å². The van der Waals surface area contributed by atoms with Gasteiger partial charge in [0, 0.05) is 16.7 Å². The van der Waals surface area contributed by atoms with E-state index in [9.17, 15) is 8.60 Å². The van der Waals surface area contributed by atoms with Crippen LogP contribution in [-0.2, 0) is 9.73 Å². The number of rotatable bonds is 4. The number of fused-ring (bicyclic) bond motifs is 2. The fourth-order valence-corrected chi connectivity index (χ4v) is 5.69. The maximum Gasteiger partial charge on any atom is 0.162 e. The summed E-state index contributed by atoms with van der Waals surface area (Å²) >= 11 is 0. The first-order valence-electron chi connectivity index (χ1n) is 10.2. The molecular weight excluding hydrogens is 427 g/mol. The molecule has 6 nitrogen and oxygen atoms in total. The molecule has 32 heavy (non-hydrogen) atoms. The summed E-state index contributed by atoms with van der Waals surface area (Å²) in [7, 11) is -1.33. The highest BCUT2D eigenvalue weighted by Crippen LogP contribution is 2.37. The van der Waals surface area contributed by atoms with Crippen LogP contribution < -0.4 is 10.1 Å². The topological polar surface area (TPSA) is 88.0 Å². The van der Waals surface area contributed by atoms with E-state index in [-0.39, 0.29) is 11.8 Å². The number of nitrogens with one attached hydrogen (secondary N) is 2. The Morgan fingerprint density at radius 1 is 1.09 bits per heavy atom. The Morgan fingerprint density at radius 3 is 2.78 bits per heavy atom. The largest absolute Gasteiger partial charge is 0.497 e. The lowest BCUT2D eigenvalue weighted by molar-refractivity contribution is 0.415. The molecule has 0 saturated heterocycles. The molecule has 162 valence electrons. The number of hydrogen-bond donors (Lipinski definition) is 2. The molecule has 2 atom stereocenters. The predicted octanol–water partition coefficient (Wildman–Crippen LogP) is 5.41. The van der Waals surface area contributed by atoms with Gasteiger partial charge in [-0.15, -0.1) is 0 Å². The normalized spacial score (nSPS) is 20.0. The molecule has 2 heterocycles. The molecule has 5 rings (SSSR count). The molecule has 2 unspecified atom stereocenters. The molecule has 2 N–H and O–H groups in total. The van der Waals surface area contributed by atoms with E-state index < -0.39 is 15.5 Å². The molecule has 0 radical (unpaired) electrons. The highest BCUT2D eigenvalue weighted by Gasteiger charge is 2.29. The number of halogens is 1. The highest BCUT2D eigenvalue weighted by molar-refractivity contribution is 7.92. The number of para-hydroxylation sites is 1. The van der Waals surface area contributed by atoms with Gasteiger partial charge in [-0.1, -0.05) is 24.3 Å². The van der Waals surface area contributed by atoms with Crippen LogP contribution in [0, 0.1) is 10.6 Å². The second-order valence-corrected chi connectivity index (χ2v) is 9.89. The molecule has 0 spiro atoms. The average molecular weight is 449 g/mol. The van der Waals surface area contributed by atoms with Gasteiger partial charge < -0.3 is 10.1 Å². The molecule has 0 saturated carbocycles. The molecule has 0 bridgehead atoms. The molecular formula is C24H21FN4O2S. The molecule has 0 amide bonds. The Labute approximate surface area is 185 Å². The van der Waals surface area contributed by atoms with Gasteiger partial charge >= 0.3 is 0 Å². The third-order valence-corrected chi connectivity index (χ3v) is 7.53. The zero-order valence-electron chi connectivity index (χ0n) is 17.3. The van der Waals surface area contributed by atoms with Gasteiger partial charge in [-0.05, 0) is 54.4 Å². The van der Waals surface area contributed by atoms with Crippen molar-refractivity contribution in [3.63, 3.8) is 0 Å². The van der Waals surface area contributed by atoms with Gasteiger partial charge in [-0.3, -0.25) is 0 Å². The Morgan fingerprint density at radius 2 is 1.94 bits per heavy atom. The minimum Gasteiger partial charge on any atom is -0.497 e. The summed E-state index contributed by atoms with van der Waals surface area (Å²) in [5, 5.41) is 4.25. The summed E-state index contributed by atoms with van der Waals surface area (Å²) in [5.74, 6) is 1.62. The summed E-state index contributed by atoms with van der Waals surface area (Å²) in [5.41, 5.74) is 2.12. The van der Waals surface area contributed by atoms with Crippen molar-refractivity contribution in [2.24, 2.45) is 0 Å². The second-order valence-electron chi connectivity index (χ2n) is 7.69. The van der Waals surface area contributed by atoms with Crippen molar-refractivity contribution in [3.8, 4) is 17.1 Å². The number of benzene rings is 3. The first-order chi connectivity index (χ1) is 15.4. The molecule has 0 fully saturated rings. The van der Waals surface area contributed by atoms with Crippen LogP contribution in [0.2, 0.25) is 0 Å². The van der Waals surface area contributed by atoms with Crippen molar-refractivity contribution in [3.05, 3.63) is 78.1 Å². The van der Waals surface area contributed by atoms with Crippen molar-refractivity contribution in [2.75, 3.05) is 18.2 Å². The maximum absolute atomic E-state index is 14.0. The Kier molecular flexibility index (Phi) is 5.01. The van der Waals surface area contributed by atoms with Crippen LogP contribution >= 0.6 is 0 Å². The fraction of sp³-hybridized carbons (Fsp3) is 0.167. The number of nitrogens with zero attached hydrogens (tertiary/aromatic N) is 2. The van der Waals surface area contributed by atoms with Crippen LogP contribution in [-0.4, -0.2) is 27.0 Å². The second kappa shape index (κ2) is 7.87. The first-order valence-corrected chi connectivity index (χ1v) is 11.9. The molecule has 1 aromatic heterocycles. The monoisotopic (exact) mass is 448 g/mol. The van der Waals surface area contributed by atoms with E-state index >= 15 is 0 Å². The summed E-state index contributed by atoms with van der Waals surface area (Å²) in [6.45, 7) is 0. The Balaban J connectivity index is 1.63. The third-order valence-electron chi connectivity index (χ3n) is 5.64. The highest BCUT2D eigenvalue weighted by atomic mass is 32.2. The van der Waals surface area contributed by atoms with Crippen LogP contribution in [0.1, 0.15) is 18.0 Å². The van der Waals surface area contributed by atoms with Crippen LogP contribution in [0.5, 0.6) is 5.75 Å². The van der Waals surface area contributed by atoms with E-state index in [4.69, 9.17) is 19.5 Å². The number of ether oxygens (including phenoxy) is 1. The van der Waals surface area contributed by atoms with Gasteiger partial charge in [0.25, 0.3) is 0 Å². The molecule has 8 heteroatoms. The standard InChI is InChI=1S/C24H21FN4O2S/c1-31-17-6-4-5-15(13-17)23-27-20-8-3-2-7-18(20)24(29-23)28-21-11-12-32(26,30)22-10-9-16(25)14-19(21)22/h2-10,13-14,21,26H,11-12H2,1H3,(H,27,28,29). The van der Waals surface area contributed by atoms with Gasteiger partial charge in [-0.2, -0.15) is 0 Å².